The molecule has 1 saturated heterocycles. The molecule has 1 amide bonds. The number of rotatable bonds is 6. The molecule has 1 N–H and O–H groups in total. The van der Waals surface area contributed by atoms with E-state index in [1.165, 1.54) is 12.8 Å². The summed E-state index contributed by atoms with van der Waals surface area (Å²) in [6.45, 7) is 1.71. The van der Waals surface area contributed by atoms with Crippen LogP contribution >= 0.6 is 0 Å². The molecular weight excluding hydrogens is 270 g/mol. The third-order valence-corrected chi connectivity index (χ3v) is 4.08. The van der Waals surface area contributed by atoms with Gasteiger partial charge >= 0.3 is 0 Å². The second-order valence-corrected chi connectivity index (χ2v) is 5.85. The van der Waals surface area contributed by atoms with Crippen LogP contribution in [0.15, 0.2) is 12.4 Å². The zero-order valence-electron chi connectivity index (χ0n) is 12.3. The number of amides is 1. The molecule has 1 aliphatic carbocycles. The summed E-state index contributed by atoms with van der Waals surface area (Å²) in [7, 11) is 0. The van der Waals surface area contributed by atoms with Crippen molar-refractivity contribution in [1.29, 1.82) is 0 Å². The Morgan fingerprint density at radius 2 is 2.24 bits per heavy atom. The molecule has 2 fully saturated rings. The van der Waals surface area contributed by atoms with Gasteiger partial charge in [0.15, 0.2) is 0 Å². The van der Waals surface area contributed by atoms with Crippen molar-refractivity contribution in [3.8, 4) is 0 Å². The van der Waals surface area contributed by atoms with E-state index < -0.39 is 0 Å². The predicted octanol–water partition coefficient (Wildman–Crippen LogP) is 1.96. The van der Waals surface area contributed by atoms with Crippen LogP contribution in [0.5, 0.6) is 0 Å². The van der Waals surface area contributed by atoms with Crippen molar-refractivity contribution in [2.24, 2.45) is 0 Å². The molecule has 116 valence electrons. The van der Waals surface area contributed by atoms with Gasteiger partial charge in [-0.15, -0.1) is 0 Å². The van der Waals surface area contributed by atoms with Crippen LogP contribution < -0.4 is 5.32 Å². The van der Waals surface area contributed by atoms with Crippen LogP contribution in [-0.2, 0) is 20.8 Å². The van der Waals surface area contributed by atoms with E-state index in [9.17, 15) is 4.79 Å². The van der Waals surface area contributed by atoms with Crippen LogP contribution in [0, 0.1) is 0 Å². The molecule has 1 atom stereocenters. The van der Waals surface area contributed by atoms with Crippen LogP contribution in [0.3, 0.4) is 0 Å². The summed E-state index contributed by atoms with van der Waals surface area (Å²) in [6, 6.07) is 0. The van der Waals surface area contributed by atoms with Crippen molar-refractivity contribution in [2.75, 3.05) is 18.5 Å². The lowest BCUT2D eigenvalue weighted by Crippen LogP contribution is -2.21. The number of aromatic nitrogens is 2. The highest BCUT2D eigenvalue weighted by molar-refractivity contribution is 5.91. The van der Waals surface area contributed by atoms with Crippen LogP contribution in [0.1, 0.15) is 38.5 Å². The zero-order valence-corrected chi connectivity index (χ0v) is 12.3. The zero-order chi connectivity index (χ0) is 14.5. The lowest BCUT2D eigenvalue weighted by atomic mass is 10.2. The summed E-state index contributed by atoms with van der Waals surface area (Å²) in [4.78, 5) is 11.8. The van der Waals surface area contributed by atoms with Gasteiger partial charge in [-0.25, -0.2) is 0 Å². The lowest BCUT2D eigenvalue weighted by Gasteiger charge is -2.10. The summed E-state index contributed by atoms with van der Waals surface area (Å²) in [6.07, 6.45) is 10.8. The number of hydrogen-bond donors (Lipinski definition) is 1. The van der Waals surface area contributed by atoms with E-state index in [4.69, 9.17) is 9.47 Å². The summed E-state index contributed by atoms with van der Waals surface area (Å²) in [5, 5.41) is 7.07. The predicted molar refractivity (Wildman–Crippen MR) is 78.0 cm³/mol. The first-order valence-electron chi connectivity index (χ1n) is 7.85. The number of hydrogen-bond acceptors (Lipinski definition) is 4. The minimum atomic E-state index is -0.112. The van der Waals surface area contributed by atoms with Gasteiger partial charge in [0.05, 0.1) is 30.6 Å². The molecule has 6 nitrogen and oxygen atoms in total. The van der Waals surface area contributed by atoms with E-state index in [2.05, 4.69) is 10.4 Å². The Morgan fingerprint density at radius 3 is 3.00 bits per heavy atom. The van der Waals surface area contributed by atoms with Crippen molar-refractivity contribution in [3.05, 3.63) is 12.4 Å². The van der Waals surface area contributed by atoms with Gasteiger partial charge in [-0.2, -0.15) is 5.10 Å². The Kier molecular flexibility index (Phi) is 4.87. The van der Waals surface area contributed by atoms with E-state index in [1.54, 1.807) is 6.20 Å². The van der Waals surface area contributed by atoms with Crippen LogP contribution in [-0.4, -0.2) is 41.1 Å². The van der Waals surface area contributed by atoms with Crippen molar-refractivity contribution in [2.45, 2.75) is 57.3 Å². The largest absolute Gasteiger partial charge is 0.376 e. The van der Waals surface area contributed by atoms with E-state index >= 15 is 0 Å². The van der Waals surface area contributed by atoms with Crippen molar-refractivity contribution in [3.63, 3.8) is 0 Å². The van der Waals surface area contributed by atoms with E-state index in [0.717, 1.165) is 38.8 Å². The van der Waals surface area contributed by atoms with Gasteiger partial charge in [0.2, 0.25) is 5.91 Å². The van der Waals surface area contributed by atoms with Crippen LogP contribution in [0.4, 0.5) is 5.69 Å². The van der Waals surface area contributed by atoms with Gasteiger partial charge in [-0.1, -0.05) is 12.8 Å². The lowest BCUT2D eigenvalue weighted by molar-refractivity contribution is -0.122. The summed E-state index contributed by atoms with van der Waals surface area (Å²) in [5.41, 5.74) is 0.716. The third-order valence-electron chi connectivity index (χ3n) is 4.08. The summed E-state index contributed by atoms with van der Waals surface area (Å²) in [5.74, 6) is -0.112. The fourth-order valence-electron chi connectivity index (χ4n) is 2.97. The van der Waals surface area contributed by atoms with E-state index in [1.807, 2.05) is 10.9 Å². The second-order valence-electron chi connectivity index (χ2n) is 5.85. The van der Waals surface area contributed by atoms with Gasteiger partial charge in [0.25, 0.3) is 0 Å². The molecule has 0 spiro atoms. The number of nitrogens with zero attached hydrogens (tertiary/aromatic N) is 2. The Morgan fingerprint density at radius 1 is 1.38 bits per heavy atom. The van der Waals surface area contributed by atoms with Crippen LogP contribution in [0.25, 0.3) is 0 Å². The minimum Gasteiger partial charge on any atom is -0.376 e. The maximum atomic E-state index is 11.8. The number of ether oxygens (including phenoxy) is 2. The molecule has 1 aromatic rings. The van der Waals surface area contributed by atoms with Gasteiger partial charge in [0, 0.05) is 12.8 Å². The third kappa shape index (κ3) is 4.28. The number of anilines is 1. The minimum absolute atomic E-state index is 0.112. The molecule has 3 rings (SSSR count). The first-order chi connectivity index (χ1) is 10.3. The van der Waals surface area contributed by atoms with Crippen LogP contribution in [0.2, 0.25) is 0 Å². The maximum absolute atomic E-state index is 11.8. The highest BCUT2D eigenvalue weighted by Crippen LogP contribution is 2.20. The van der Waals surface area contributed by atoms with E-state index in [0.29, 0.717) is 5.69 Å². The number of nitrogens with one attached hydrogen (secondary N) is 1. The molecule has 6 heteroatoms. The standard InChI is InChI=1S/C15H23N3O3/c19-15(11-21-13-4-1-2-5-13)17-12-8-16-18(9-12)10-14-6-3-7-20-14/h8-9,13-14H,1-7,10-11H2,(H,17,19). The summed E-state index contributed by atoms with van der Waals surface area (Å²) < 4.78 is 13.0. The SMILES string of the molecule is O=C(COC1CCCC1)Nc1cnn(CC2CCCO2)c1. The fraction of sp³-hybridized carbons (Fsp3) is 0.733. The van der Waals surface area contributed by atoms with Gasteiger partial charge < -0.3 is 14.8 Å². The first kappa shape index (κ1) is 14.5. The van der Waals surface area contributed by atoms with Gasteiger partial charge in [-0.05, 0) is 25.7 Å². The first-order valence-corrected chi connectivity index (χ1v) is 7.85. The highest BCUT2D eigenvalue weighted by Gasteiger charge is 2.18. The topological polar surface area (TPSA) is 65.4 Å². The van der Waals surface area contributed by atoms with Gasteiger partial charge in [0.1, 0.15) is 6.61 Å². The molecule has 21 heavy (non-hydrogen) atoms. The molecule has 1 saturated carbocycles. The van der Waals surface area contributed by atoms with Crippen molar-refractivity contribution >= 4 is 11.6 Å². The Bertz CT molecular complexity index is 462. The monoisotopic (exact) mass is 293 g/mol. The molecule has 1 unspecified atom stereocenters. The average molecular weight is 293 g/mol. The van der Waals surface area contributed by atoms with Crippen molar-refractivity contribution in [1.82, 2.24) is 9.78 Å². The number of carbonyl (C=O) groups is 1. The molecule has 2 heterocycles. The Labute approximate surface area is 124 Å². The molecule has 0 radical (unpaired) electrons. The number of carbonyl (C=O) groups excluding carboxylic acids is 1. The van der Waals surface area contributed by atoms with Gasteiger partial charge in [-0.3, -0.25) is 9.48 Å². The molecule has 1 aliphatic heterocycles. The quantitative estimate of drug-likeness (QED) is 0.870. The molecule has 0 bridgehead atoms. The fourth-order valence-corrected chi connectivity index (χ4v) is 2.97. The normalized spacial score (nSPS) is 22.8. The molecule has 1 aromatic heterocycles. The Balaban J connectivity index is 1.41. The van der Waals surface area contributed by atoms with Crippen molar-refractivity contribution < 1.29 is 14.3 Å². The maximum Gasteiger partial charge on any atom is 0.250 e. The molecular formula is C15H23N3O3. The molecule has 0 aromatic carbocycles. The Hall–Kier alpha value is -1.40. The summed E-state index contributed by atoms with van der Waals surface area (Å²) >= 11 is 0. The second kappa shape index (κ2) is 7.04. The highest BCUT2D eigenvalue weighted by atomic mass is 16.5. The average Bonchev–Trinajstić information content (AvgIpc) is 3.19. The smallest absolute Gasteiger partial charge is 0.250 e. The van der Waals surface area contributed by atoms with E-state index in [-0.39, 0.29) is 24.7 Å². The molecule has 2 aliphatic rings.